The molecule has 0 saturated carbocycles. The van der Waals surface area contributed by atoms with Gasteiger partial charge in [0.05, 0.1) is 0 Å². The van der Waals surface area contributed by atoms with E-state index in [4.69, 9.17) is 0 Å². The van der Waals surface area contributed by atoms with Gasteiger partial charge >= 0.3 is 0 Å². The first-order valence-corrected chi connectivity index (χ1v) is 7.03. The Kier molecular flexibility index (Phi) is 3.51. The molecular weight excluding hydrogens is 268 g/mol. The van der Waals surface area contributed by atoms with Crippen LogP contribution in [0.1, 0.15) is 12.8 Å². The molecule has 1 aliphatic heterocycles. The van der Waals surface area contributed by atoms with Gasteiger partial charge in [0.15, 0.2) is 5.13 Å². The van der Waals surface area contributed by atoms with Crippen molar-refractivity contribution in [3.63, 3.8) is 0 Å². The molecule has 2 heterocycles. The van der Waals surface area contributed by atoms with Crippen molar-refractivity contribution in [2.45, 2.75) is 18.1 Å². The number of thioether (sulfide) groups is 1. The second kappa shape index (κ2) is 4.66. The summed E-state index contributed by atoms with van der Waals surface area (Å²) < 4.78 is 0.930. The van der Waals surface area contributed by atoms with Crippen LogP contribution in [-0.2, 0) is 0 Å². The molecule has 0 aliphatic carbocycles. The summed E-state index contributed by atoms with van der Waals surface area (Å²) in [5.41, 5.74) is 0. The van der Waals surface area contributed by atoms with E-state index in [2.05, 4.69) is 38.0 Å². The minimum atomic E-state index is 0.794. The Morgan fingerprint density at radius 3 is 3.23 bits per heavy atom. The highest BCUT2D eigenvalue weighted by Crippen LogP contribution is 2.27. The summed E-state index contributed by atoms with van der Waals surface area (Å²) in [5, 5.41) is 7.19. The molecule has 1 aromatic heterocycles. The molecule has 2 nitrogen and oxygen atoms in total. The number of hydrogen-bond acceptors (Lipinski definition) is 4. The van der Waals surface area contributed by atoms with Gasteiger partial charge in [0, 0.05) is 17.2 Å². The van der Waals surface area contributed by atoms with Crippen molar-refractivity contribution >= 4 is 44.2 Å². The SMILES string of the molecule is Brc1csc(NCC2CCCS2)n1. The van der Waals surface area contributed by atoms with Crippen molar-refractivity contribution < 1.29 is 0 Å². The van der Waals surface area contributed by atoms with Gasteiger partial charge in [0.25, 0.3) is 0 Å². The topological polar surface area (TPSA) is 24.9 Å². The molecule has 1 fully saturated rings. The predicted molar refractivity (Wildman–Crippen MR) is 63.8 cm³/mol. The molecule has 0 spiro atoms. The molecule has 1 unspecified atom stereocenters. The smallest absolute Gasteiger partial charge is 0.183 e. The molecule has 72 valence electrons. The normalized spacial score (nSPS) is 22.1. The van der Waals surface area contributed by atoms with Gasteiger partial charge in [-0.15, -0.1) is 11.3 Å². The zero-order chi connectivity index (χ0) is 9.10. The number of thiazole rings is 1. The quantitative estimate of drug-likeness (QED) is 0.919. The van der Waals surface area contributed by atoms with Crippen molar-refractivity contribution in [3.8, 4) is 0 Å². The highest BCUT2D eigenvalue weighted by atomic mass is 79.9. The second-order valence-corrected chi connectivity index (χ2v) is 6.07. The Morgan fingerprint density at radius 1 is 1.69 bits per heavy atom. The highest BCUT2D eigenvalue weighted by Gasteiger charge is 2.15. The van der Waals surface area contributed by atoms with E-state index in [9.17, 15) is 0 Å². The fraction of sp³-hybridized carbons (Fsp3) is 0.625. The van der Waals surface area contributed by atoms with Gasteiger partial charge in [0.1, 0.15) is 4.60 Å². The maximum atomic E-state index is 4.29. The number of nitrogens with one attached hydrogen (secondary N) is 1. The molecule has 0 amide bonds. The van der Waals surface area contributed by atoms with E-state index in [1.54, 1.807) is 11.3 Å². The van der Waals surface area contributed by atoms with Crippen LogP contribution in [-0.4, -0.2) is 22.5 Å². The molecular formula is C8H11BrN2S2. The van der Waals surface area contributed by atoms with E-state index in [1.807, 2.05) is 5.38 Å². The highest BCUT2D eigenvalue weighted by molar-refractivity contribution is 9.10. The summed E-state index contributed by atoms with van der Waals surface area (Å²) in [5.74, 6) is 1.33. The van der Waals surface area contributed by atoms with Crippen molar-refractivity contribution in [1.29, 1.82) is 0 Å². The summed E-state index contributed by atoms with van der Waals surface area (Å²) in [6.45, 7) is 1.06. The van der Waals surface area contributed by atoms with Gasteiger partial charge in [-0.2, -0.15) is 11.8 Å². The molecule has 0 aromatic carbocycles. The van der Waals surface area contributed by atoms with Crippen molar-refractivity contribution in [2.24, 2.45) is 0 Å². The average Bonchev–Trinajstić information content (AvgIpc) is 2.71. The Morgan fingerprint density at radius 2 is 2.62 bits per heavy atom. The number of rotatable bonds is 3. The monoisotopic (exact) mass is 278 g/mol. The third-order valence-electron chi connectivity index (χ3n) is 1.98. The standard InChI is InChI=1S/C8H11BrN2S2/c9-7-5-13-8(11-7)10-4-6-2-1-3-12-6/h5-6H,1-4H2,(H,10,11). The van der Waals surface area contributed by atoms with Crippen molar-refractivity contribution in [1.82, 2.24) is 4.98 Å². The Labute approximate surface area is 94.7 Å². The third kappa shape index (κ3) is 2.86. The fourth-order valence-electron chi connectivity index (χ4n) is 1.34. The molecule has 1 N–H and O–H groups in total. The first kappa shape index (κ1) is 9.80. The van der Waals surface area contributed by atoms with Gasteiger partial charge in [-0.1, -0.05) is 0 Å². The van der Waals surface area contributed by atoms with Crippen LogP contribution in [0.5, 0.6) is 0 Å². The van der Waals surface area contributed by atoms with Crippen LogP contribution in [0, 0.1) is 0 Å². The fourth-order valence-corrected chi connectivity index (χ4v) is 3.70. The number of anilines is 1. The van der Waals surface area contributed by atoms with Gasteiger partial charge in [-0.05, 0) is 34.5 Å². The lowest BCUT2D eigenvalue weighted by molar-refractivity contribution is 0.805. The summed E-state index contributed by atoms with van der Waals surface area (Å²) in [7, 11) is 0. The molecule has 1 aliphatic rings. The predicted octanol–water partition coefficient (Wildman–Crippen LogP) is 3.21. The maximum absolute atomic E-state index is 4.29. The maximum Gasteiger partial charge on any atom is 0.183 e. The van der Waals surface area contributed by atoms with E-state index in [1.165, 1.54) is 18.6 Å². The molecule has 5 heteroatoms. The average molecular weight is 279 g/mol. The van der Waals surface area contributed by atoms with Crippen LogP contribution < -0.4 is 5.32 Å². The van der Waals surface area contributed by atoms with E-state index in [0.29, 0.717) is 0 Å². The van der Waals surface area contributed by atoms with Crippen LogP contribution in [0.4, 0.5) is 5.13 Å². The van der Waals surface area contributed by atoms with E-state index < -0.39 is 0 Å². The molecule has 1 aromatic rings. The Hall–Kier alpha value is 0.260. The third-order valence-corrected chi connectivity index (χ3v) is 4.89. The van der Waals surface area contributed by atoms with Crippen LogP contribution in [0.25, 0.3) is 0 Å². The van der Waals surface area contributed by atoms with E-state index in [-0.39, 0.29) is 0 Å². The zero-order valence-corrected chi connectivity index (χ0v) is 10.3. The first-order valence-electron chi connectivity index (χ1n) is 4.31. The van der Waals surface area contributed by atoms with Crippen LogP contribution >= 0.6 is 39.0 Å². The van der Waals surface area contributed by atoms with Gasteiger partial charge in [-0.3, -0.25) is 0 Å². The lowest BCUT2D eigenvalue weighted by atomic mass is 10.2. The van der Waals surface area contributed by atoms with Gasteiger partial charge in [0.2, 0.25) is 0 Å². The second-order valence-electron chi connectivity index (χ2n) is 2.99. The van der Waals surface area contributed by atoms with Crippen LogP contribution in [0.3, 0.4) is 0 Å². The van der Waals surface area contributed by atoms with Crippen molar-refractivity contribution in [2.75, 3.05) is 17.6 Å². The lowest BCUT2D eigenvalue weighted by Crippen LogP contribution is -2.13. The zero-order valence-electron chi connectivity index (χ0n) is 7.12. The van der Waals surface area contributed by atoms with Gasteiger partial charge < -0.3 is 5.32 Å². The number of halogens is 1. The number of hydrogen-bond donors (Lipinski definition) is 1. The van der Waals surface area contributed by atoms with E-state index in [0.717, 1.165) is 21.5 Å². The molecule has 13 heavy (non-hydrogen) atoms. The summed E-state index contributed by atoms with van der Waals surface area (Å²) >= 11 is 7.07. The van der Waals surface area contributed by atoms with Crippen LogP contribution in [0.2, 0.25) is 0 Å². The lowest BCUT2D eigenvalue weighted by Gasteiger charge is -2.07. The number of aromatic nitrogens is 1. The van der Waals surface area contributed by atoms with E-state index >= 15 is 0 Å². The first-order chi connectivity index (χ1) is 6.34. The minimum absolute atomic E-state index is 0.794. The molecule has 0 bridgehead atoms. The summed E-state index contributed by atoms with van der Waals surface area (Å²) in [6.07, 6.45) is 2.72. The minimum Gasteiger partial charge on any atom is -0.360 e. The Bertz CT molecular complexity index is 271. The summed E-state index contributed by atoms with van der Waals surface area (Å²) in [4.78, 5) is 4.29. The van der Waals surface area contributed by atoms with Crippen LogP contribution in [0.15, 0.2) is 9.98 Å². The van der Waals surface area contributed by atoms with Gasteiger partial charge in [-0.25, -0.2) is 4.98 Å². The molecule has 0 radical (unpaired) electrons. The largest absolute Gasteiger partial charge is 0.360 e. The summed E-state index contributed by atoms with van der Waals surface area (Å²) in [6, 6.07) is 0. The Balaban J connectivity index is 1.78. The molecule has 2 rings (SSSR count). The van der Waals surface area contributed by atoms with Crippen molar-refractivity contribution in [3.05, 3.63) is 9.98 Å². The molecule has 1 saturated heterocycles. The number of nitrogens with zero attached hydrogens (tertiary/aromatic N) is 1. The molecule has 1 atom stereocenters.